The number of pyridine rings is 1. The second kappa shape index (κ2) is 13.5. The van der Waals surface area contributed by atoms with Crippen molar-refractivity contribution in [3.63, 3.8) is 0 Å². The number of benzene rings is 1. The van der Waals surface area contributed by atoms with E-state index in [4.69, 9.17) is 11.6 Å². The maximum absolute atomic E-state index is 16.3. The molecule has 0 aliphatic carbocycles. The Morgan fingerprint density at radius 3 is 2.67 bits per heavy atom. The van der Waals surface area contributed by atoms with Crippen LogP contribution in [0.4, 0.5) is 13.6 Å². The van der Waals surface area contributed by atoms with Gasteiger partial charge in [0.05, 0.1) is 6.04 Å². The van der Waals surface area contributed by atoms with Gasteiger partial charge in [-0.1, -0.05) is 49.6 Å². The molecule has 1 aromatic heterocycles. The van der Waals surface area contributed by atoms with Gasteiger partial charge in [0.2, 0.25) is 11.8 Å². The van der Waals surface area contributed by atoms with Crippen LogP contribution in [0.2, 0.25) is 5.02 Å². The SMILES string of the molecule is CCCC[C@@H](C(=O)N[C@H](C=O)C[C@@H]1CCNC1=O)N(C(=O)O)[C@H](c1cccnc1)C(F)(F)c1cccc(Cl)c1. The summed E-state index contributed by atoms with van der Waals surface area (Å²) >= 11 is 5.98. The van der Waals surface area contributed by atoms with Crippen molar-refractivity contribution in [2.45, 2.75) is 63.1 Å². The Hall–Kier alpha value is -3.60. The molecule has 0 spiro atoms. The molecule has 0 unspecified atom stereocenters. The number of hydrogen-bond acceptors (Lipinski definition) is 5. The monoisotopic (exact) mass is 564 g/mol. The molecule has 1 aromatic carbocycles. The zero-order valence-electron chi connectivity index (χ0n) is 21.4. The van der Waals surface area contributed by atoms with Crippen LogP contribution in [0, 0.1) is 5.92 Å². The van der Waals surface area contributed by atoms with E-state index in [2.05, 4.69) is 15.6 Å². The maximum atomic E-state index is 16.3. The molecule has 9 nitrogen and oxygen atoms in total. The summed E-state index contributed by atoms with van der Waals surface area (Å²) in [5, 5.41) is 15.5. The van der Waals surface area contributed by atoms with Crippen LogP contribution in [0.25, 0.3) is 0 Å². The average Bonchev–Trinajstić information content (AvgIpc) is 3.31. The first kappa shape index (κ1) is 29.9. The second-order valence-corrected chi connectivity index (χ2v) is 9.87. The number of nitrogens with zero attached hydrogens (tertiary/aromatic N) is 2. The van der Waals surface area contributed by atoms with Gasteiger partial charge in [0.15, 0.2) is 0 Å². The highest BCUT2D eigenvalue weighted by Gasteiger charge is 2.51. The number of aromatic nitrogens is 1. The van der Waals surface area contributed by atoms with Crippen molar-refractivity contribution in [3.05, 3.63) is 64.9 Å². The highest BCUT2D eigenvalue weighted by Crippen LogP contribution is 2.46. The minimum atomic E-state index is -3.83. The van der Waals surface area contributed by atoms with Crippen molar-refractivity contribution in [2.75, 3.05) is 6.54 Å². The fourth-order valence-electron chi connectivity index (χ4n) is 4.76. The minimum absolute atomic E-state index is 0.0132. The zero-order chi connectivity index (χ0) is 28.6. The van der Waals surface area contributed by atoms with E-state index in [1.165, 1.54) is 30.5 Å². The molecule has 2 heterocycles. The van der Waals surface area contributed by atoms with Crippen LogP contribution >= 0.6 is 11.6 Å². The lowest BCUT2D eigenvalue weighted by Crippen LogP contribution is -2.55. The topological polar surface area (TPSA) is 129 Å². The second-order valence-electron chi connectivity index (χ2n) is 9.43. The Balaban J connectivity index is 2.04. The summed E-state index contributed by atoms with van der Waals surface area (Å²) in [4.78, 5) is 54.3. The number of unbranched alkanes of at least 4 members (excludes halogenated alkanes) is 1. The predicted molar refractivity (Wildman–Crippen MR) is 139 cm³/mol. The van der Waals surface area contributed by atoms with E-state index in [0.29, 0.717) is 37.0 Å². The molecule has 3 rings (SSSR count). The Labute approximate surface area is 229 Å². The summed E-state index contributed by atoms with van der Waals surface area (Å²) < 4.78 is 32.5. The maximum Gasteiger partial charge on any atom is 0.408 e. The third-order valence-electron chi connectivity index (χ3n) is 6.71. The normalized spacial score (nSPS) is 17.5. The van der Waals surface area contributed by atoms with E-state index in [1.807, 2.05) is 6.92 Å². The van der Waals surface area contributed by atoms with Crippen LogP contribution < -0.4 is 10.6 Å². The molecule has 1 aliphatic heterocycles. The first-order valence-corrected chi connectivity index (χ1v) is 13.1. The van der Waals surface area contributed by atoms with Crippen molar-refractivity contribution >= 4 is 35.8 Å². The summed E-state index contributed by atoms with van der Waals surface area (Å²) in [7, 11) is 0. The summed E-state index contributed by atoms with van der Waals surface area (Å²) in [6, 6.07) is 2.80. The summed E-state index contributed by atoms with van der Waals surface area (Å²) in [6.45, 7) is 2.26. The van der Waals surface area contributed by atoms with Crippen LogP contribution in [0.15, 0.2) is 48.8 Å². The average molecular weight is 565 g/mol. The number of rotatable bonds is 13. The third kappa shape index (κ3) is 7.29. The molecule has 0 saturated carbocycles. The standard InChI is InChI=1S/C27H31ClF2N4O5/c1-2-3-9-22(25(37)33-21(16-35)13-17-10-12-32-24(17)36)34(26(38)39)23(18-6-5-11-31-15-18)27(29,30)19-7-4-8-20(28)14-19/h4-8,11,14-17,21-23H,2-3,9-10,12-13H2,1H3,(H,32,36)(H,33,37)(H,38,39)/t17-,21-,22-,23+/m0/s1. The molecule has 0 radical (unpaired) electrons. The van der Waals surface area contributed by atoms with E-state index in [0.717, 1.165) is 18.3 Å². The highest BCUT2D eigenvalue weighted by atomic mass is 35.5. The number of hydrogen-bond donors (Lipinski definition) is 3. The lowest BCUT2D eigenvalue weighted by atomic mass is 9.92. The largest absolute Gasteiger partial charge is 0.465 e. The molecular formula is C27H31ClF2N4O5. The van der Waals surface area contributed by atoms with Crippen LogP contribution in [-0.2, 0) is 20.3 Å². The Morgan fingerprint density at radius 1 is 1.33 bits per heavy atom. The molecule has 1 saturated heterocycles. The molecule has 3 amide bonds. The van der Waals surface area contributed by atoms with E-state index in [1.54, 1.807) is 0 Å². The first-order valence-electron chi connectivity index (χ1n) is 12.7. The zero-order valence-corrected chi connectivity index (χ0v) is 22.1. The van der Waals surface area contributed by atoms with Gasteiger partial charge in [-0.2, -0.15) is 8.78 Å². The number of halogens is 3. The van der Waals surface area contributed by atoms with Gasteiger partial charge >= 0.3 is 6.09 Å². The van der Waals surface area contributed by atoms with Crippen LogP contribution in [0.1, 0.15) is 56.2 Å². The molecular weight excluding hydrogens is 534 g/mol. The number of nitrogens with one attached hydrogen (secondary N) is 2. The van der Waals surface area contributed by atoms with Gasteiger partial charge < -0.3 is 20.5 Å². The smallest absolute Gasteiger partial charge is 0.408 e. The van der Waals surface area contributed by atoms with Crippen LogP contribution in [-0.4, -0.2) is 57.8 Å². The van der Waals surface area contributed by atoms with Crippen LogP contribution in [0.5, 0.6) is 0 Å². The van der Waals surface area contributed by atoms with Gasteiger partial charge in [-0.15, -0.1) is 0 Å². The van der Waals surface area contributed by atoms with Crippen molar-refractivity contribution < 1.29 is 33.1 Å². The molecule has 2 aromatic rings. The van der Waals surface area contributed by atoms with Crippen molar-refractivity contribution in [1.82, 2.24) is 20.5 Å². The Kier molecular flexibility index (Phi) is 10.3. The molecule has 1 fully saturated rings. The summed E-state index contributed by atoms with van der Waals surface area (Å²) in [5.74, 6) is -5.48. The fraction of sp³-hybridized carbons (Fsp3) is 0.444. The number of amides is 3. The van der Waals surface area contributed by atoms with E-state index in [9.17, 15) is 24.3 Å². The Bertz CT molecular complexity index is 1170. The van der Waals surface area contributed by atoms with Gasteiger partial charge in [-0.3, -0.25) is 19.5 Å². The highest BCUT2D eigenvalue weighted by molar-refractivity contribution is 6.30. The van der Waals surface area contributed by atoms with Gasteiger partial charge in [0.1, 0.15) is 18.4 Å². The van der Waals surface area contributed by atoms with E-state index >= 15 is 8.78 Å². The lowest BCUT2D eigenvalue weighted by molar-refractivity contribution is -0.136. The van der Waals surface area contributed by atoms with Gasteiger partial charge in [0.25, 0.3) is 5.92 Å². The molecule has 39 heavy (non-hydrogen) atoms. The lowest BCUT2D eigenvalue weighted by Gasteiger charge is -2.39. The van der Waals surface area contributed by atoms with Gasteiger partial charge in [-0.25, -0.2) is 4.79 Å². The molecule has 1 aliphatic rings. The van der Waals surface area contributed by atoms with E-state index in [-0.39, 0.29) is 29.3 Å². The van der Waals surface area contributed by atoms with Crippen molar-refractivity contribution in [3.8, 4) is 0 Å². The van der Waals surface area contributed by atoms with Crippen LogP contribution in [0.3, 0.4) is 0 Å². The number of carbonyl (C=O) groups excluding carboxylic acids is 3. The fourth-order valence-corrected chi connectivity index (χ4v) is 4.95. The van der Waals surface area contributed by atoms with Crippen molar-refractivity contribution in [1.29, 1.82) is 0 Å². The molecule has 0 bridgehead atoms. The quantitative estimate of drug-likeness (QED) is 0.311. The van der Waals surface area contributed by atoms with Gasteiger partial charge in [0, 0.05) is 35.4 Å². The number of carboxylic acid groups (broad SMARTS) is 1. The summed E-state index contributed by atoms with van der Waals surface area (Å²) in [6.07, 6.45) is 2.52. The number of alkyl halides is 2. The first-order chi connectivity index (χ1) is 18.6. The molecule has 4 atom stereocenters. The predicted octanol–water partition coefficient (Wildman–Crippen LogP) is 4.32. The molecule has 12 heteroatoms. The van der Waals surface area contributed by atoms with Gasteiger partial charge in [-0.05, 0) is 43.0 Å². The number of aldehydes is 1. The molecule has 3 N–H and O–H groups in total. The Morgan fingerprint density at radius 2 is 2.10 bits per heavy atom. The minimum Gasteiger partial charge on any atom is -0.465 e. The van der Waals surface area contributed by atoms with E-state index < -0.39 is 47.5 Å². The number of carbonyl (C=O) groups is 4. The molecule has 210 valence electrons. The third-order valence-corrected chi connectivity index (χ3v) is 6.95. The summed E-state index contributed by atoms with van der Waals surface area (Å²) in [5.41, 5.74) is -0.670. The van der Waals surface area contributed by atoms with Crippen molar-refractivity contribution in [2.24, 2.45) is 5.92 Å².